The van der Waals surface area contributed by atoms with Crippen LogP contribution >= 0.6 is 0 Å². The fourth-order valence-corrected chi connectivity index (χ4v) is 2.36. The fourth-order valence-electron chi connectivity index (χ4n) is 2.36. The summed E-state index contributed by atoms with van der Waals surface area (Å²) in [5.41, 5.74) is 0.970. The molecule has 0 atom stereocenters. The predicted octanol–water partition coefficient (Wildman–Crippen LogP) is 3.07. The molecule has 0 radical (unpaired) electrons. The molecule has 1 fully saturated rings. The summed E-state index contributed by atoms with van der Waals surface area (Å²) in [6, 6.07) is 3.69. The van der Waals surface area contributed by atoms with E-state index in [1.165, 1.54) is 12.8 Å². The van der Waals surface area contributed by atoms with Crippen LogP contribution in [0.4, 0.5) is 5.82 Å². The monoisotopic (exact) mass is 275 g/mol. The molecule has 1 aromatic heterocycles. The molecule has 0 spiro atoms. The first-order chi connectivity index (χ1) is 9.57. The number of nitrogens with zero attached hydrogens (tertiary/aromatic N) is 1. The summed E-state index contributed by atoms with van der Waals surface area (Å²) in [6.45, 7) is 8.25. The number of carbonyl (C=O) groups is 1. The van der Waals surface area contributed by atoms with Gasteiger partial charge in [0, 0.05) is 19.3 Å². The average molecular weight is 275 g/mol. The van der Waals surface area contributed by atoms with Crippen molar-refractivity contribution in [3.8, 4) is 0 Å². The van der Waals surface area contributed by atoms with E-state index in [1.54, 1.807) is 6.20 Å². The summed E-state index contributed by atoms with van der Waals surface area (Å²) in [5.74, 6) is 1.43. The van der Waals surface area contributed by atoms with Gasteiger partial charge in [-0.15, -0.1) is 0 Å². The quantitative estimate of drug-likeness (QED) is 0.804. The van der Waals surface area contributed by atoms with E-state index in [1.807, 2.05) is 12.1 Å². The number of hydrogen-bond donors (Lipinski definition) is 2. The van der Waals surface area contributed by atoms with E-state index in [-0.39, 0.29) is 5.91 Å². The van der Waals surface area contributed by atoms with E-state index in [0.717, 1.165) is 25.3 Å². The van der Waals surface area contributed by atoms with Crippen LogP contribution in [0.25, 0.3) is 0 Å². The minimum atomic E-state index is -0.0218. The van der Waals surface area contributed by atoms with Crippen LogP contribution in [-0.2, 0) is 0 Å². The van der Waals surface area contributed by atoms with Crippen molar-refractivity contribution < 1.29 is 4.79 Å². The third-order valence-corrected chi connectivity index (χ3v) is 4.30. The van der Waals surface area contributed by atoms with Crippen LogP contribution in [0.15, 0.2) is 18.3 Å². The molecule has 2 N–H and O–H groups in total. The van der Waals surface area contributed by atoms with Gasteiger partial charge in [0.1, 0.15) is 5.82 Å². The van der Waals surface area contributed by atoms with Crippen LogP contribution < -0.4 is 10.6 Å². The molecular weight excluding hydrogens is 250 g/mol. The molecule has 1 saturated carbocycles. The second-order valence-corrected chi connectivity index (χ2v) is 6.06. The van der Waals surface area contributed by atoms with Gasteiger partial charge in [-0.05, 0) is 42.7 Å². The standard InChI is InChI=1S/C16H25N3O/c1-4-9-17-14-6-5-13(10-18-14)15(20)19-11-16(7-8-16)12(2)3/h5-6,10,12H,4,7-9,11H2,1-3H3,(H,17,18)(H,19,20). The summed E-state index contributed by atoms with van der Waals surface area (Å²) in [6.07, 6.45) is 5.15. The number of nitrogens with one attached hydrogen (secondary N) is 2. The van der Waals surface area contributed by atoms with Gasteiger partial charge in [-0.2, -0.15) is 0 Å². The highest BCUT2D eigenvalue weighted by atomic mass is 16.1. The van der Waals surface area contributed by atoms with Crippen LogP contribution in [0, 0.1) is 11.3 Å². The molecule has 0 unspecified atom stereocenters. The maximum Gasteiger partial charge on any atom is 0.252 e. The first-order valence-corrected chi connectivity index (χ1v) is 7.55. The number of pyridine rings is 1. The fraction of sp³-hybridized carbons (Fsp3) is 0.625. The molecule has 4 heteroatoms. The lowest BCUT2D eigenvalue weighted by molar-refractivity contribution is 0.0939. The molecule has 0 aromatic carbocycles. The van der Waals surface area contributed by atoms with Crippen molar-refractivity contribution in [1.82, 2.24) is 10.3 Å². The van der Waals surface area contributed by atoms with Gasteiger partial charge in [0.15, 0.2) is 0 Å². The Morgan fingerprint density at radius 2 is 2.15 bits per heavy atom. The van der Waals surface area contributed by atoms with Gasteiger partial charge in [0.05, 0.1) is 5.56 Å². The summed E-state index contributed by atoms with van der Waals surface area (Å²) >= 11 is 0. The van der Waals surface area contributed by atoms with Crippen molar-refractivity contribution in [3.05, 3.63) is 23.9 Å². The Hall–Kier alpha value is -1.58. The van der Waals surface area contributed by atoms with Gasteiger partial charge in [-0.1, -0.05) is 20.8 Å². The molecule has 1 aromatic rings. The highest BCUT2D eigenvalue weighted by Crippen LogP contribution is 2.51. The van der Waals surface area contributed by atoms with Crippen molar-refractivity contribution in [2.45, 2.75) is 40.0 Å². The minimum Gasteiger partial charge on any atom is -0.370 e. The molecule has 1 aliphatic rings. The van der Waals surface area contributed by atoms with E-state index in [2.05, 4.69) is 36.4 Å². The highest BCUT2D eigenvalue weighted by Gasteiger charge is 2.45. The molecule has 110 valence electrons. The molecule has 1 heterocycles. The Morgan fingerprint density at radius 3 is 2.65 bits per heavy atom. The lowest BCUT2D eigenvalue weighted by Crippen LogP contribution is -2.32. The number of amides is 1. The number of rotatable bonds is 7. The zero-order valence-electron chi connectivity index (χ0n) is 12.7. The van der Waals surface area contributed by atoms with Crippen LogP contribution in [0.3, 0.4) is 0 Å². The van der Waals surface area contributed by atoms with Gasteiger partial charge in [-0.3, -0.25) is 4.79 Å². The van der Waals surface area contributed by atoms with E-state index in [0.29, 0.717) is 16.9 Å². The summed E-state index contributed by atoms with van der Waals surface area (Å²) < 4.78 is 0. The molecule has 4 nitrogen and oxygen atoms in total. The van der Waals surface area contributed by atoms with E-state index >= 15 is 0 Å². The van der Waals surface area contributed by atoms with Crippen molar-refractivity contribution in [1.29, 1.82) is 0 Å². The highest BCUT2D eigenvalue weighted by molar-refractivity contribution is 5.94. The van der Waals surface area contributed by atoms with Crippen molar-refractivity contribution in [2.75, 3.05) is 18.4 Å². The lowest BCUT2D eigenvalue weighted by atomic mass is 9.92. The molecule has 0 aliphatic heterocycles. The third-order valence-electron chi connectivity index (χ3n) is 4.30. The van der Waals surface area contributed by atoms with E-state index in [4.69, 9.17) is 0 Å². The maximum atomic E-state index is 12.1. The average Bonchev–Trinajstić information content (AvgIpc) is 3.24. The summed E-state index contributed by atoms with van der Waals surface area (Å²) in [5, 5.41) is 6.25. The van der Waals surface area contributed by atoms with Gasteiger partial charge in [0.2, 0.25) is 0 Å². The molecular formula is C16H25N3O. The molecule has 0 saturated heterocycles. The van der Waals surface area contributed by atoms with Crippen molar-refractivity contribution >= 4 is 11.7 Å². The predicted molar refractivity (Wildman–Crippen MR) is 81.9 cm³/mol. The zero-order valence-corrected chi connectivity index (χ0v) is 12.7. The smallest absolute Gasteiger partial charge is 0.252 e. The van der Waals surface area contributed by atoms with Crippen LogP contribution in [0.2, 0.25) is 0 Å². The number of aromatic nitrogens is 1. The van der Waals surface area contributed by atoms with Crippen LogP contribution in [0.1, 0.15) is 50.4 Å². The normalized spacial score (nSPS) is 16.0. The van der Waals surface area contributed by atoms with Gasteiger partial charge in [0.25, 0.3) is 5.91 Å². The van der Waals surface area contributed by atoms with E-state index < -0.39 is 0 Å². The molecule has 0 bridgehead atoms. The molecule has 20 heavy (non-hydrogen) atoms. The lowest BCUT2D eigenvalue weighted by Gasteiger charge is -2.19. The topological polar surface area (TPSA) is 54.0 Å². The Kier molecular flexibility index (Phi) is 4.63. The molecule has 1 amide bonds. The first kappa shape index (κ1) is 14.8. The van der Waals surface area contributed by atoms with Gasteiger partial charge < -0.3 is 10.6 Å². The van der Waals surface area contributed by atoms with Crippen LogP contribution in [0.5, 0.6) is 0 Å². The molecule has 2 rings (SSSR count). The maximum absolute atomic E-state index is 12.1. The van der Waals surface area contributed by atoms with Crippen LogP contribution in [-0.4, -0.2) is 24.0 Å². The zero-order chi connectivity index (χ0) is 14.6. The Balaban J connectivity index is 1.86. The summed E-state index contributed by atoms with van der Waals surface area (Å²) in [7, 11) is 0. The number of anilines is 1. The largest absolute Gasteiger partial charge is 0.370 e. The van der Waals surface area contributed by atoms with Crippen molar-refractivity contribution in [3.63, 3.8) is 0 Å². The Labute approximate surface area is 121 Å². The Bertz CT molecular complexity index is 449. The third kappa shape index (κ3) is 3.50. The van der Waals surface area contributed by atoms with Gasteiger partial charge in [-0.25, -0.2) is 4.98 Å². The first-order valence-electron chi connectivity index (χ1n) is 7.55. The second kappa shape index (κ2) is 6.25. The second-order valence-electron chi connectivity index (χ2n) is 6.06. The number of carbonyl (C=O) groups excluding carboxylic acids is 1. The van der Waals surface area contributed by atoms with Gasteiger partial charge >= 0.3 is 0 Å². The minimum absolute atomic E-state index is 0.0218. The van der Waals surface area contributed by atoms with E-state index in [9.17, 15) is 4.79 Å². The number of hydrogen-bond acceptors (Lipinski definition) is 3. The summed E-state index contributed by atoms with van der Waals surface area (Å²) in [4.78, 5) is 16.4. The Morgan fingerprint density at radius 1 is 1.40 bits per heavy atom. The SMILES string of the molecule is CCCNc1ccc(C(=O)NCC2(C(C)C)CC2)cn1. The molecule has 1 aliphatic carbocycles. The van der Waals surface area contributed by atoms with Crippen molar-refractivity contribution in [2.24, 2.45) is 11.3 Å².